The Hall–Kier alpha value is -1.35. The van der Waals surface area contributed by atoms with Gasteiger partial charge in [0.2, 0.25) is 0 Å². The van der Waals surface area contributed by atoms with E-state index in [1.807, 2.05) is 12.1 Å². The predicted octanol–water partition coefficient (Wildman–Crippen LogP) is 4.80. The molecule has 19 heavy (non-hydrogen) atoms. The second-order valence-electron chi connectivity index (χ2n) is 4.63. The molecule has 0 bridgehead atoms. The summed E-state index contributed by atoms with van der Waals surface area (Å²) in [6.07, 6.45) is 0.835. The average molecular weight is 288 g/mol. The molecular formula is C16H14ClNS. The lowest BCUT2D eigenvalue weighted by molar-refractivity contribution is 0.737. The van der Waals surface area contributed by atoms with Crippen LogP contribution in [0.15, 0.2) is 54.6 Å². The maximum Gasteiger partial charge on any atom is 0.0931 e. The summed E-state index contributed by atoms with van der Waals surface area (Å²) in [4.78, 5) is 1.14. The zero-order valence-corrected chi connectivity index (χ0v) is 11.9. The Morgan fingerprint density at radius 1 is 1.00 bits per heavy atom. The van der Waals surface area contributed by atoms with Crippen LogP contribution in [-0.2, 0) is 6.42 Å². The number of thiophene rings is 1. The van der Waals surface area contributed by atoms with Crippen LogP contribution in [0.5, 0.6) is 0 Å². The van der Waals surface area contributed by atoms with Crippen molar-refractivity contribution in [1.29, 1.82) is 0 Å². The van der Waals surface area contributed by atoms with Gasteiger partial charge >= 0.3 is 0 Å². The summed E-state index contributed by atoms with van der Waals surface area (Å²) in [6.45, 7) is 0. The maximum atomic E-state index is 6.24. The molecule has 1 nitrogen and oxygen atoms in total. The summed E-state index contributed by atoms with van der Waals surface area (Å²) >= 11 is 7.51. The van der Waals surface area contributed by atoms with Crippen molar-refractivity contribution >= 4 is 33.7 Å². The van der Waals surface area contributed by atoms with Gasteiger partial charge in [-0.3, -0.25) is 0 Å². The zero-order valence-electron chi connectivity index (χ0n) is 10.3. The van der Waals surface area contributed by atoms with Gasteiger partial charge in [-0.05, 0) is 34.9 Å². The van der Waals surface area contributed by atoms with Crippen molar-refractivity contribution in [3.05, 3.63) is 69.4 Å². The molecule has 0 amide bonds. The number of rotatable bonds is 3. The van der Waals surface area contributed by atoms with Crippen LogP contribution in [-0.4, -0.2) is 0 Å². The molecule has 0 saturated carbocycles. The average Bonchev–Trinajstić information content (AvgIpc) is 2.85. The number of hydrogen-bond donors (Lipinski definition) is 1. The molecule has 0 aliphatic carbocycles. The first-order chi connectivity index (χ1) is 9.22. The molecule has 3 aromatic rings. The van der Waals surface area contributed by atoms with Gasteiger partial charge in [0.05, 0.1) is 4.34 Å². The second-order valence-corrected chi connectivity index (χ2v) is 6.38. The lowest BCUT2D eigenvalue weighted by Crippen LogP contribution is -2.11. The zero-order chi connectivity index (χ0) is 13.2. The van der Waals surface area contributed by atoms with Crippen molar-refractivity contribution in [3.8, 4) is 0 Å². The van der Waals surface area contributed by atoms with E-state index in [9.17, 15) is 0 Å². The standard InChI is InChI=1S/C16H14ClNS/c17-16-8-7-15(19-16)14(18)10-11-5-6-12-3-1-2-4-13(12)9-11/h1-9,14H,10,18H2. The molecule has 1 atom stereocenters. The fraction of sp³-hybridized carbons (Fsp3) is 0.125. The molecule has 3 heteroatoms. The molecule has 1 heterocycles. The summed E-state index contributed by atoms with van der Waals surface area (Å²) in [7, 11) is 0. The highest BCUT2D eigenvalue weighted by molar-refractivity contribution is 7.16. The Morgan fingerprint density at radius 2 is 1.79 bits per heavy atom. The van der Waals surface area contributed by atoms with Crippen LogP contribution in [0, 0.1) is 0 Å². The number of nitrogens with two attached hydrogens (primary N) is 1. The van der Waals surface area contributed by atoms with Crippen LogP contribution >= 0.6 is 22.9 Å². The Bertz CT molecular complexity index is 705. The fourth-order valence-electron chi connectivity index (χ4n) is 2.25. The molecule has 1 unspecified atom stereocenters. The molecule has 96 valence electrons. The van der Waals surface area contributed by atoms with Gasteiger partial charge in [-0.25, -0.2) is 0 Å². The van der Waals surface area contributed by atoms with E-state index in [1.165, 1.54) is 16.3 Å². The van der Waals surface area contributed by atoms with E-state index in [4.69, 9.17) is 17.3 Å². The van der Waals surface area contributed by atoms with Gasteiger partial charge in [0, 0.05) is 10.9 Å². The molecular weight excluding hydrogens is 274 g/mol. The monoisotopic (exact) mass is 287 g/mol. The largest absolute Gasteiger partial charge is 0.323 e. The first kappa shape index (κ1) is 12.7. The van der Waals surface area contributed by atoms with Crippen LogP contribution in [0.2, 0.25) is 4.34 Å². The topological polar surface area (TPSA) is 26.0 Å². The minimum absolute atomic E-state index is 0.0127. The van der Waals surface area contributed by atoms with Crippen LogP contribution < -0.4 is 5.73 Å². The molecule has 2 N–H and O–H groups in total. The Balaban J connectivity index is 1.84. The van der Waals surface area contributed by atoms with Gasteiger partial charge in [-0.1, -0.05) is 54.1 Å². The molecule has 0 radical (unpaired) electrons. The number of hydrogen-bond acceptors (Lipinski definition) is 2. The second kappa shape index (κ2) is 5.33. The Morgan fingerprint density at radius 3 is 2.53 bits per heavy atom. The lowest BCUT2D eigenvalue weighted by atomic mass is 10.0. The quantitative estimate of drug-likeness (QED) is 0.736. The summed E-state index contributed by atoms with van der Waals surface area (Å²) in [5, 5.41) is 2.52. The minimum atomic E-state index is 0.0127. The number of fused-ring (bicyclic) bond motifs is 1. The van der Waals surface area contributed by atoms with Gasteiger partial charge in [0.25, 0.3) is 0 Å². The fourth-order valence-corrected chi connectivity index (χ4v) is 3.31. The van der Waals surface area contributed by atoms with Crippen molar-refractivity contribution in [1.82, 2.24) is 0 Å². The van der Waals surface area contributed by atoms with Crippen LogP contribution in [0.1, 0.15) is 16.5 Å². The maximum absolute atomic E-state index is 6.24. The summed E-state index contributed by atoms with van der Waals surface area (Å²) in [6, 6.07) is 18.8. The van der Waals surface area contributed by atoms with Crippen LogP contribution in [0.25, 0.3) is 10.8 Å². The summed E-state index contributed by atoms with van der Waals surface area (Å²) in [5.41, 5.74) is 7.50. The molecule has 2 aromatic carbocycles. The van der Waals surface area contributed by atoms with Gasteiger partial charge in [0.1, 0.15) is 0 Å². The predicted molar refractivity (Wildman–Crippen MR) is 83.9 cm³/mol. The molecule has 0 saturated heterocycles. The van der Waals surface area contributed by atoms with Crippen LogP contribution in [0.4, 0.5) is 0 Å². The highest BCUT2D eigenvalue weighted by Crippen LogP contribution is 2.28. The molecule has 0 spiro atoms. The highest BCUT2D eigenvalue weighted by atomic mass is 35.5. The lowest BCUT2D eigenvalue weighted by Gasteiger charge is -2.10. The Labute approximate surface area is 121 Å². The summed E-state index contributed by atoms with van der Waals surface area (Å²) < 4.78 is 0.795. The third-order valence-corrected chi connectivity index (χ3v) is 4.59. The highest BCUT2D eigenvalue weighted by Gasteiger charge is 2.10. The molecule has 0 fully saturated rings. The van der Waals surface area contributed by atoms with E-state index in [0.29, 0.717) is 0 Å². The first-order valence-corrected chi connectivity index (χ1v) is 7.40. The minimum Gasteiger partial charge on any atom is -0.323 e. The first-order valence-electron chi connectivity index (χ1n) is 6.21. The van der Waals surface area contributed by atoms with Gasteiger partial charge in [0.15, 0.2) is 0 Å². The smallest absolute Gasteiger partial charge is 0.0931 e. The van der Waals surface area contributed by atoms with Crippen molar-refractivity contribution in [3.63, 3.8) is 0 Å². The normalized spacial score (nSPS) is 12.7. The molecule has 1 aromatic heterocycles. The third-order valence-electron chi connectivity index (χ3n) is 3.23. The van der Waals surface area contributed by atoms with E-state index in [2.05, 4.69) is 42.5 Å². The van der Waals surface area contributed by atoms with Crippen LogP contribution in [0.3, 0.4) is 0 Å². The van der Waals surface area contributed by atoms with Crippen molar-refractivity contribution in [2.45, 2.75) is 12.5 Å². The van der Waals surface area contributed by atoms with Gasteiger partial charge in [-0.2, -0.15) is 0 Å². The van der Waals surface area contributed by atoms with Crippen molar-refractivity contribution < 1.29 is 0 Å². The van der Waals surface area contributed by atoms with E-state index < -0.39 is 0 Å². The van der Waals surface area contributed by atoms with Gasteiger partial charge < -0.3 is 5.73 Å². The molecule has 0 aliphatic heterocycles. The number of halogens is 1. The van der Waals surface area contributed by atoms with E-state index in [-0.39, 0.29) is 6.04 Å². The van der Waals surface area contributed by atoms with E-state index in [1.54, 1.807) is 11.3 Å². The molecule has 3 rings (SSSR count). The van der Waals surface area contributed by atoms with Gasteiger partial charge in [-0.15, -0.1) is 11.3 Å². The molecule has 0 aliphatic rings. The van der Waals surface area contributed by atoms with E-state index >= 15 is 0 Å². The van der Waals surface area contributed by atoms with E-state index in [0.717, 1.165) is 15.6 Å². The van der Waals surface area contributed by atoms with Crippen molar-refractivity contribution in [2.75, 3.05) is 0 Å². The summed E-state index contributed by atoms with van der Waals surface area (Å²) in [5.74, 6) is 0. The van der Waals surface area contributed by atoms with Crippen molar-refractivity contribution in [2.24, 2.45) is 5.73 Å². The number of benzene rings is 2. The third kappa shape index (κ3) is 2.81. The Kier molecular flexibility index (Phi) is 3.56. The SMILES string of the molecule is NC(Cc1ccc2ccccc2c1)c1ccc(Cl)s1.